The molecule has 0 saturated carbocycles. The van der Waals surface area contributed by atoms with Crippen molar-refractivity contribution in [2.45, 2.75) is 18.4 Å². The number of carbonyl (C=O) groups is 1. The van der Waals surface area contributed by atoms with Gasteiger partial charge in [0.25, 0.3) is 0 Å². The van der Waals surface area contributed by atoms with Gasteiger partial charge >= 0.3 is 0 Å². The van der Waals surface area contributed by atoms with E-state index in [-0.39, 0.29) is 18.0 Å². The van der Waals surface area contributed by atoms with Gasteiger partial charge in [-0.05, 0) is 42.3 Å². The average molecular weight is 429 g/mol. The summed E-state index contributed by atoms with van der Waals surface area (Å²) in [6.45, 7) is 1.60. The Bertz CT molecular complexity index is 1090. The van der Waals surface area contributed by atoms with E-state index < -0.39 is 15.9 Å². The Morgan fingerprint density at radius 2 is 1.59 bits per heavy atom. The molecule has 0 aliphatic rings. The molecular formula is C22H21ClN2O3S. The summed E-state index contributed by atoms with van der Waals surface area (Å²) in [5, 5.41) is 3.25. The normalized spacial score (nSPS) is 11.4. The Labute approximate surface area is 176 Å². The molecule has 0 fully saturated rings. The van der Waals surface area contributed by atoms with Crippen molar-refractivity contribution in [1.29, 1.82) is 0 Å². The SMILES string of the molecule is Cc1ccc(Cl)cc1NC(=O)CN(Cc1ccccc1)S(=O)(=O)c1ccccc1. The summed E-state index contributed by atoms with van der Waals surface area (Å²) in [7, 11) is -3.86. The first-order valence-electron chi connectivity index (χ1n) is 9.01. The Balaban J connectivity index is 1.87. The Morgan fingerprint density at radius 1 is 0.966 bits per heavy atom. The first kappa shape index (κ1) is 21.0. The molecule has 0 aromatic heterocycles. The van der Waals surface area contributed by atoms with Crippen LogP contribution < -0.4 is 5.32 Å². The highest BCUT2D eigenvalue weighted by atomic mass is 35.5. The van der Waals surface area contributed by atoms with E-state index in [1.807, 2.05) is 37.3 Å². The lowest BCUT2D eigenvalue weighted by Gasteiger charge is -2.22. The van der Waals surface area contributed by atoms with Gasteiger partial charge in [0.15, 0.2) is 0 Å². The van der Waals surface area contributed by atoms with Crippen LogP contribution in [0.15, 0.2) is 83.8 Å². The lowest BCUT2D eigenvalue weighted by molar-refractivity contribution is -0.116. The van der Waals surface area contributed by atoms with Gasteiger partial charge in [-0.3, -0.25) is 4.79 Å². The van der Waals surface area contributed by atoms with Gasteiger partial charge < -0.3 is 5.32 Å². The number of sulfonamides is 1. The standard InChI is InChI=1S/C22H21ClN2O3S/c1-17-12-13-19(23)14-21(17)24-22(26)16-25(15-18-8-4-2-5-9-18)29(27,28)20-10-6-3-7-11-20/h2-14H,15-16H2,1H3,(H,24,26). The second kappa shape index (κ2) is 9.22. The summed E-state index contributed by atoms with van der Waals surface area (Å²) in [4.78, 5) is 12.8. The molecule has 0 saturated heterocycles. The molecule has 0 aliphatic heterocycles. The highest BCUT2D eigenvalue weighted by Gasteiger charge is 2.27. The molecule has 0 atom stereocenters. The Kier molecular flexibility index (Phi) is 6.69. The summed E-state index contributed by atoms with van der Waals surface area (Å²) >= 11 is 6.01. The van der Waals surface area contributed by atoms with E-state index in [2.05, 4.69) is 5.32 Å². The number of aryl methyl sites for hydroxylation is 1. The van der Waals surface area contributed by atoms with Crippen molar-refractivity contribution in [3.05, 3.63) is 95.0 Å². The van der Waals surface area contributed by atoms with E-state index in [1.54, 1.807) is 36.4 Å². The van der Waals surface area contributed by atoms with Crippen LogP contribution in [0.2, 0.25) is 5.02 Å². The van der Waals surface area contributed by atoms with Crippen LogP contribution in [0.25, 0.3) is 0 Å². The molecule has 0 radical (unpaired) electrons. The molecule has 3 aromatic carbocycles. The van der Waals surface area contributed by atoms with Crippen molar-refractivity contribution < 1.29 is 13.2 Å². The predicted molar refractivity (Wildman–Crippen MR) is 115 cm³/mol. The number of nitrogens with zero attached hydrogens (tertiary/aromatic N) is 1. The van der Waals surface area contributed by atoms with E-state index in [4.69, 9.17) is 11.6 Å². The van der Waals surface area contributed by atoms with Crippen molar-refractivity contribution >= 4 is 33.2 Å². The third-order valence-corrected chi connectivity index (χ3v) is 6.42. The maximum atomic E-state index is 13.2. The summed E-state index contributed by atoms with van der Waals surface area (Å²) < 4.78 is 27.5. The van der Waals surface area contributed by atoms with Gasteiger partial charge in [0, 0.05) is 17.3 Å². The van der Waals surface area contributed by atoms with E-state index in [0.717, 1.165) is 11.1 Å². The summed E-state index contributed by atoms with van der Waals surface area (Å²) in [5.74, 6) is -0.439. The van der Waals surface area contributed by atoms with Gasteiger partial charge in [0.05, 0.1) is 11.4 Å². The highest BCUT2D eigenvalue weighted by molar-refractivity contribution is 7.89. The monoisotopic (exact) mass is 428 g/mol. The zero-order chi connectivity index (χ0) is 20.9. The molecule has 0 unspecified atom stereocenters. The smallest absolute Gasteiger partial charge is 0.243 e. The summed E-state index contributed by atoms with van der Waals surface area (Å²) in [5.41, 5.74) is 2.18. The van der Waals surface area contributed by atoms with Crippen molar-refractivity contribution in [3.8, 4) is 0 Å². The zero-order valence-electron chi connectivity index (χ0n) is 15.9. The van der Waals surface area contributed by atoms with E-state index >= 15 is 0 Å². The van der Waals surface area contributed by atoms with Crippen molar-refractivity contribution in [2.75, 3.05) is 11.9 Å². The van der Waals surface area contributed by atoms with Gasteiger partial charge in [0.1, 0.15) is 0 Å². The lowest BCUT2D eigenvalue weighted by Crippen LogP contribution is -2.37. The van der Waals surface area contributed by atoms with Crippen LogP contribution in [0.1, 0.15) is 11.1 Å². The quantitative estimate of drug-likeness (QED) is 0.603. The van der Waals surface area contributed by atoms with E-state index in [9.17, 15) is 13.2 Å². The molecule has 1 amide bonds. The molecule has 0 aliphatic carbocycles. The minimum Gasteiger partial charge on any atom is -0.325 e. The topological polar surface area (TPSA) is 66.5 Å². The van der Waals surface area contributed by atoms with Crippen molar-refractivity contribution in [2.24, 2.45) is 0 Å². The van der Waals surface area contributed by atoms with Gasteiger partial charge in [-0.1, -0.05) is 66.2 Å². The maximum absolute atomic E-state index is 13.2. The van der Waals surface area contributed by atoms with Crippen LogP contribution in [0.4, 0.5) is 5.69 Å². The minimum absolute atomic E-state index is 0.0833. The number of rotatable bonds is 7. The van der Waals surface area contributed by atoms with Crippen molar-refractivity contribution in [1.82, 2.24) is 4.31 Å². The number of anilines is 1. The molecule has 5 nitrogen and oxygen atoms in total. The Morgan fingerprint density at radius 3 is 2.24 bits per heavy atom. The molecule has 1 N–H and O–H groups in total. The fraction of sp³-hybridized carbons (Fsp3) is 0.136. The summed E-state index contributed by atoms with van der Waals surface area (Å²) in [6, 6.07) is 22.4. The number of halogens is 1. The van der Waals surface area contributed by atoms with E-state index in [0.29, 0.717) is 10.7 Å². The van der Waals surface area contributed by atoms with Crippen LogP contribution in [-0.2, 0) is 21.4 Å². The van der Waals surface area contributed by atoms with Crippen molar-refractivity contribution in [3.63, 3.8) is 0 Å². The lowest BCUT2D eigenvalue weighted by atomic mass is 10.2. The zero-order valence-corrected chi connectivity index (χ0v) is 17.5. The Hall–Kier alpha value is -2.67. The highest BCUT2D eigenvalue weighted by Crippen LogP contribution is 2.21. The molecular weight excluding hydrogens is 408 g/mol. The number of nitrogens with one attached hydrogen (secondary N) is 1. The number of hydrogen-bond acceptors (Lipinski definition) is 3. The number of carbonyl (C=O) groups excluding carboxylic acids is 1. The predicted octanol–water partition coefficient (Wildman–Crippen LogP) is 4.48. The molecule has 0 spiro atoms. The second-order valence-electron chi connectivity index (χ2n) is 6.58. The second-order valence-corrected chi connectivity index (χ2v) is 8.95. The fourth-order valence-corrected chi connectivity index (χ4v) is 4.41. The van der Waals surface area contributed by atoms with Crippen LogP contribution in [0.5, 0.6) is 0 Å². The molecule has 3 aromatic rings. The molecule has 7 heteroatoms. The number of hydrogen-bond donors (Lipinski definition) is 1. The molecule has 3 rings (SSSR count). The third kappa shape index (κ3) is 5.44. The minimum atomic E-state index is -3.86. The first-order chi connectivity index (χ1) is 13.9. The molecule has 0 heterocycles. The van der Waals surface area contributed by atoms with Crippen LogP contribution in [-0.4, -0.2) is 25.2 Å². The van der Waals surface area contributed by atoms with Gasteiger partial charge in [-0.15, -0.1) is 0 Å². The molecule has 150 valence electrons. The van der Waals surface area contributed by atoms with Gasteiger partial charge in [-0.2, -0.15) is 4.31 Å². The van der Waals surface area contributed by atoms with E-state index in [1.165, 1.54) is 16.4 Å². The van der Waals surface area contributed by atoms with Gasteiger partial charge in [-0.25, -0.2) is 8.42 Å². The van der Waals surface area contributed by atoms with Crippen LogP contribution in [0, 0.1) is 6.92 Å². The molecule has 0 bridgehead atoms. The number of benzene rings is 3. The fourth-order valence-electron chi connectivity index (χ4n) is 2.83. The maximum Gasteiger partial charge on any atom is 0.243 e. The largest absolute Gasteiger partial charge is 0.325 e. The number of amides is 1. The first-order valence-corrected chi connectivity index (χ1v) is 10.8. The molecule has 29 heavy (non-hydrogen) atoms. The van der Waals surface area contributed by atoms with Gasteiger partial charge in [0.2, 0.25) is 15.9 Å². The average Bonchev–Trinajstić information content (AvgIpc) is 2.71. The van der Waals surface area contributed by atoms with Crippen LogP contribution >= 0.6 is 11.6 Å². The van der Waals surface area contributed by atoms with Crippen LogP contribution in [0.3, 0.4) is 0 Å². The summed E-state index contributed by atoms with van der Waals surface area (Å²) in [6.07, 6.45) is 0. The third-order valence-electron chi connectivity index (χ3n) is 4.38.